The van der Waals surface area contributed by atoms with Crippen molar-refractivity contribution >= 4 is 0 Å². The fraction of sp³-hybridized carbons (Fsp3) is 0.500. The number of aromatic nitrogens is 2. The van der Waals surface area contributed by atoms with Crippen LogP contribution in [0.2, 0.25) is 0 Å². The van der Waals surface area contributed by atoms with E-state index in [1.807, 2.05) is 11.7 Å². The summed E-state index contributed by atoms with van der Waals surface area (Å²) in [6, 6.07) is 8.90. The lowest BCUT2D eigenvalue weighted by molar-refractivity contribution is 0.339. The summed E-state index contributed by atoms with van der Waals surface area (Å²) in [5.74, 6) is 0. The van der Waals surface area contributed by atoms with E-state index in [0.29, 0.717) is 0 Å². The Balaban J connectivity index is 2.18. The summed E-state index contributed by atoms with van der Waals surface area (Å²) in [4.78, 5) is 2.40. The average molecular weight is 285 g/mol. The quantitative estimate of drug-likeness (QED) is 0.809. The van der Waals surface area contributed by atoms with Gasteiger partial charge in [0.1, 0.15) is 0 Å². The van der Waals surface area contributed by atoms with E-state index < -0.39 is 0 Å². The summed E-state index contributed by atoms with van der Waals surface area (Å²) >= 11 is 0. The largest absolute Gasteiger partial charge is 0.306 e. The number of likely N-dealkylation sites (N-methyl/N-ethyl adjacent to an activating group) is 1. The molecule has 1 aromatic heterocycles. The summed E-state index contributed by atoms with van der Waals surface area (Å²) in [5.41, 5.74) is 6.30. The van der Waals surface area contributed by atoms with Gasteiger partial charge in [-0.3, -0.25) is 4.68 Å². The van der Waals surface area contributed by atoms with E-state index in [9.17, 15) is 0 Å². The van der Waals surface area contributed by atoms with Gasteiger partial charge in [0.05, 0.1) is 5.69 Å². The predicted molar refractivity (Wildman–Crippen MR) is 89.6 cm³/mol. The number of aryl methyl sites for hydroxylation is 2. The first kappa shape index (κ1) is 15.8. The van der Waals surface area contributed by atoms with Crippen molar-refractivity contribution in [3.8, 4) is 11.1 Å². The molecule has 0 atom stereocenters. The van der Waals surface area contributed by atoms with Crippen molar-refractivity contribution in [2.24, 2.45) is 7.05 Å². The minimum Gasteiger partial charge on any atom is -0.306 e. The van der Waals surface area contributed by atoms with E-state index >= 15 is 0 Å². The van der Waals surface area contributed by atoms with Crippen LogP contribution in [0.3, 0.4) is 0 Å². The van der Waals surface area contributed by atoms with Crippen molar-refractivity contribution in [2.45, 2.75) is 33.6 Å². The highest BCUT2D eigenvalue weighted by Gasteiger charge is 2.11. The van der Waals surface area contributed by atoms with Crippen LogP contribution in [0.4, 0.5) is 0 Å². The minimum absolute atomic E-state index is 1.10. The van der Waals surface area contributed by atoms with Gasteiger partial charge in [0.15, 0.2) is 0 Å². The molecule has 1 heterocycles. The van der Waals surface area contributed by atoms with Crippen LogP contribution < -0.4 is 0 Å². The average Bonchev–Trinajstić information content (AvgIpc) is 2.71. The summed E-state index contributed by atoms with van der Waals surface area (Å²) in [5, 5.41) is 4.52. The first-order chi connectivity index (χ1) is 10.0. The lowest BCUT2D eigenvalue weighted by Gasteiger charge is -2.15. The van der Waals surface area contributed by atoms with Crippen molar-refractivity contribution in [2.75, 3.05) is 20.1 Å². The monoisotopic (exact) mass is 285 g/mol. The Morgan fingerprint density at radius 2 is 1.95 bits per heavy atom. The first-order valence-corrected chi connectivity index (χ1v) is 7.81. The zero-order chi connectivity index (χ0) is 15.4. The lowest BCUT2D eigenvalue weighted by atomic mass is 10.0. The zero-order valence-corrected chi connectivity index (χ0v) is 14.0. The van der Waals surface area contributed by atoms with E-state index in [1.165, 1.54) is 35.3 Å². The van der Waals surface area contributed by atoms with Gasteiger partial charge in [-0.05, 0) is 51.4 Å². The third-order valence-electron chi connectivity index (χ3n) is 4.11. The molecule has 0 bridgehead atoms. The highest BCUT2D eigenvalue weighted by atomic mass is 15.3. The maximum Gasteiger partial charge on any atom is 0.0674 e. The van der Waals surface area contributed by atoms with Crippen molar-refractivity contribution in [1.82, 2.24) is 14.7 Å². The Hall–Kier alpha value is -1.61. The lowest BCUT2D eigenvalue weighted by Crippen LogP contribution is -2.21. The van der Waals surface area contributed by atoms with Gasteiger partial charge in [-0.25, -0.2) is 0 Å². The number of benzene rings is 1. The number of hydrogen-bond acceptors (Lipinski definition) is 2. The summed E-state index contributed by atoms with van der Waals surface area (Å²) in [7, 11) is 4.21. The Morgan fingerprint density at radius 3 is 2.57 bits per heavy atom. The molecule has 0 radical (unpaired) electrons. The minimum atomic E-state index is 1.10. The van der Waals surface area contributed by atoms with Crippen LogP contribution in [0.25, 0.3) is 11.1 Å². The number of nitrogens with zero attached hydrogens (tertiary/aromatic N) is 3. The highest BCUT2D eigenvalue weighted by molar-refractivity contribution is 5.69. The molecule has 0 fully saturated rings. The Kier molecular flexibility index (Phi) is 5.18. The van der Waals surface area contributed by atoms with Crippen LogP contribution in [-0.2, 0) is 13.5 Å². The van der Waals surface area contributed by atoms with Gasteiger partial charge >= 0.3 is 0 Å². The summed E-state index contributed by atoms with van der Waals surface area (Å²) < 4.78 is 1.96. The Bertz CT molecular complexity index is 599. The molecule has 0 spiro atoms. The molecule has 3 nitrogen and oxygen atoms in total. The van der Waals surface area contributed by atoms with Crippen LogP contribution >= 0.6 is 0 Å². The van der Waals surface area contributed by atoms with Gasteiger partial charge in [-0.2, -0.15) is 5.10 Å². The van der Waals surface area contributed by atoms with Crippen molar-refractivity contribution in [1.29, 1.82) is 0 Å². The second kappa shape index (κ2) is 6.90. The SMILES string of the molecule is CCCN(C)CCc1cccc(-c2c(C)nn(C)c2C)c1. The van der Waals surface area contributed by atoms with Gasteiger partial charge in [-0.15, -0.1) is 0 Å². The van der Waals surface area contributed by atoms with Crippen molar-refractivity contribution < 1.29 is 0 Å². The van der Waals surface area contributed by atoms with Crippen LogP contribution in [0.1, 0.15) is 30.3 Å². The summed E-state index contributed by atoms with van der Waals surface area (Å²) in [6.07, 6.45) is 2.31. The van der Waals surface area contributed by atoms with E-state index in [0.717, 1.165) is 18.7 Å². The molecule has 0 amide bonds. The molecule has 0 saturated carbocycles. The smallest absolute Gasteiger partial charge is 0.0674 e. The Labute approximate surface area is 128 Å². The van der Waals surface area contributed by atoms with Crippen LogP contribution in [0.5, 0.6) is 0 Å². The van der Waals surface area contributed by atoms with Crippen molar-refractivity contribution in [3.05, 3.63) is 41.2 Å². The van der Waals surface area contributed by atoms with Gasteiger partial charge in [0, 0.05) is 24.8 Å². The van der Waals surface area contributed by atoms with Crippen LogP contribution in [0, 0.1) is 13.8 Å². The molecule has 0 aliphatic carbocycles. The molecule has 0 N–H and O–H groups in total. The third kappa shape index (κ3) is 3.73. The van der Waals surface area contributed by atoms with E-state index in [1.54, 1.807) is 0 Å². The molecule has 0 aliphatic rings. The molecule has 3 heteroatoms. The van der Waals surface area contributed by atoms with Crippen LogP contribution in [-0.4, -0.2) is 34.8 Å². The second-order valence-corrected chi connectivity index (χ2v) is 5.92. The van der Waals surface area contributed by atoms with E-state index in [2.05, 4.69) is 62.1 Å². The zero-order valence-electron chi connectivity index (χ0n) is 14.0. The molecule has 2 aromatic rings. The molecule has 21 heavy (non-hydrogen) atoms. The first-order valence-electron chi connectivity index (χ1n) is 7.81. The van der Waals surface area contributed by atoms with Gasteiger partial charge < -0.3 is 4.90 Å². The number of rotatable bonds is 6. The van der Waals surface area contributed by atoms with Crippen molar-refractivity contribution in [3.63, 3.8) is 0 Å². The fourth-order valence-electron chi connectivity index (χ4n) is 2.89. The molecule has 114 valence electrons. The van der Waals surface area contributed by atoms with Gasteiger partial charge in [0.2, 0.25) is 0 Å². The highest BCUT2D eigenvalue weighted by Crippen LogP contribution is 2.27. The maximum absolute atomic E-state index is 4.52. The normalized spacial score (nSPS) is 11.3. The maximum atomic E-state index is 4.52. The topological polar surface area (TPSA) is 21.1 Å². The number of hydrogen-bond donors (Lipinski definition) is 0. The summed E-state index contributed by atoms with van der Waals surface area (Å²) in [6.45, 7) is 8.73. The second-order valence-electron chi connectivity index (χ2n) is 5.92. The molecule has 2 rings (SSSR count). The molecule has 0 aliphatic heterocycles. The van der Waals surface area contributed by atoms with E-state index in [-0.39, 0.29) is 0 Å². The van der Waals surface area contributed by atoms with E-state index in [4.69, 9.17) is 0 Å². The molecule has 0 unspecified atom stereocenters. The molecular formula is C18H27N3. The predicted octanol–water partition coefficient (Wildman–Crippen LogP) is 3.59. The van der Waals surface area contributed by atoms with Gasteiger partial charge in [0.25, 0.3) is 0 Å². The standard InChI is InChI=1S/C18H27N3/c1-6-11-20(4)12-10-16-8-7-9-17(13-16)18-14(2)19-21(5)15(18)3/h7-9,13H,6,10-12H2,1-5H3. The molecular weight excluding hydrogens is 258 g/mol. The van der Waals surface area contributed by atoms with Gasteiger partial charge in [-0.1, -0.05) is 31.2 Å². The fourth-order valence-corrected chi connectivity index (χ4v) is 2.89. The Morgan fingerprint density at radius 1 is 1.19 bits per heavy atom. The third-order valence-corrected chi connectivity index (χ3v) is 4.11. The molecule has 1 aromatic carbocycles. The van der Waals surface area contributed by atoms with Crippen LogP contribution in [0.15, 0.2) is 24.3 Å². The molecule has 0 saturated heterocycles.